The van der Waals surface area contributed by atoms with Crippen LogP contribution in [0.4, 0.5) is 0 Å². The Morgan fingerprint density at radius 3 is 2.84 bits per heavy atom. The molecule has 0 fully saturated rings. The highest BCUT2D eigenvalue weighted by Gasteiger charge is 2.21. The molecule has 1 aromatic rings. The van der Waals surface area contributed by atoms with Crippen LogP contribution in [0.15, 0.2) is 27.4 Å². The van der Waals surface area contributed by atoms with Crippen molar-refractivity contribution in [1.82, 2.24) is 10.9 Å². The van der Waals surface area contributed by atoms with E-state index < -0.39 is 5.97 Å². The van der Waals surface area contributed by atoms with E-state index in [2.05, 4.69) is 15.8 Å². The van der Waals surface area contributed by atoms with Crippen LogP contribution in [0.3, 0.4) is 0 Å². The normalized spacial score (nSPS) is 17.5. The fourth-order valence-corrected chi connectivity index (χ4v) is 3.43. The minimum atomic E-state index is -0.843. The zero-order valence-electron chi connectivity index (χ0n) is 10.6. The maximum absolute atomic E-state index is 11.0. The van der Waals surface area contributed by atoms with Gasteiger partial charge in [0.05, 0.1) is 17.0 Å². The highest BCUT2D eigenvalue weighted by atomic mass is 32.2. The zero-order chi connectivity index (χ0) is 13.8. The second-order valence-electron chi connectivity index (χ2n) is 4.23. The van der Waals surface area contributed by atoms with Crippen LogP contribution in [-0.4, -0.2) is 22.3 Å². The van der Waals surface area contributed by atoms with E-state index in [9.17, 15) is 4.79 Å². The molecule has 19 heavy (non-hydrogen) atoms. The van der Waals surface area contributed by atoms with Gasteiger partial charge in [-0.05, 0) is 25.3 Å². The van der Waals surface area contributed by atoms with Crippen LogP contribution >= 0.6 is 23.1 Å². The summed E-state index contributed by atoms with van der Waals surface area (Å²) >= 11 is 2.95. The van der Waals surface area contributed by atoms with Gasteiger partial charge in [-0.1, -0.05) is 17.8 Å². The summed E-state index contributed by atoms with van der Waals surface area (Å²) in [6.07, 6.45) is -0.0102. The summed E-state index contributed by atoms with van der Waals surface area (Å²) in [4.78, 5) is 17.2. The van der Waals surface area contributed by atoms with Crippen molar-refractivity contribution in [3.05, 3.63) is 27.3 Å². The second-order valence-corrected chi connectivity index (χ2v) is 6.26. The number of aliphatic imine (C=N–C) groups is 1. The fraction of sp³-hybridized carbons (Fsp3) is 0.333. The van der Waals surface area contributed by atoms with Crippen molar-refractivity contribution in [2.75, 3.05) is 0 Å². The SMILES string of the molecule is CC(C)N=C1NNC(c2cccs2)=C(CC(=O)O)S1. The third-order valence-electron chi connectivity index (χ3n) is 2.25. The predicted molar refractivity (Wildman–Crippen MR) is 79.9 cm³/mol. The topological polar surface area (TPSA) is 73.7 Å². The first-order chi connectivity index (χ1) is 9.06. The summed E-state index contributed by atoms with van der Waals surface area (Å²) in [5, 5.41) is 11.7. The summed E-state index contributed by atoms with van der Waals surface area (Å²) in [5.74, 6) is -0.843. The van der Waals surface area contributed by atoms with E-state index in [0.29, 0.717) is 5.17 Å². The average molecular weight is 297 g/mol. The molecule has 0 unspecified atom stereocenters. The van der Waals surface area contributed by atoms with Gasteiger partial charge in [0.1, 0.15) is 0 Å². The van der Waals surface area contributed by atoms with Gasteiger partial charge in [0.2, 0.25) is 0 Å². The molecule has 0 aliphatic carbocycles. The number of rotatable bonds is 4. The number of aliphatic carboxylic acids is 1. The van der Waals surface area contributed by atoms with Crippen LogP contribution < -0.4 is 10.9 Å². The number of nitrogens with zero attached hydrogens (tertiary/aromatic N) is 1. The van der Waals surface area contributed by atoms with Crippen molar-refractivity contribution in [1.29, 1.82) is 0 Å². The maximum atomic E-state index is 11.0. The molecule has 102 valence electrons. The predicted octanol–water partition coefficient (Wildman–Crippen LogP) is 2.50. The van der Waals surface area contributed by atoms with Crippen LogP contribution in [0.25, 0.3) is 5.70 Å². The molecule has 1 aromatic heterocycles. The van der Waals surface area contributed by atoms with Crippen molar-refractivity contribution in [2.24, 2.45) is 4.99 Å². The molecule has 0 saturated heterocycles. The van der Waals surface area contributed by atoms with Gasteiger partial charge in [-0.15, -0.1) is 11.3 Å². The lowest BCUT2D eigenvalue weighted by Gasteiger charge is -2.23. The number of nitrogens with one attached hydrogen (secondary N) is 2. The Labute approximate surface area is 119 Å². The quantitative estimate of drug-likeness (QED) is 0.796. The van der Waals surface area contributed by atoms with Gasteiger partial charge < -0.3 is 5.11 Å². The summed E-state index contributed by atoms with van der Waals surface area (Å²) in [7, 11) is 0. The third kappa shape index (κ3) is 3.74. The standard InChI is InChI=1S/C12H15N3O2S2/c1-7(2)13-12-15-14-11(8-4-3-5-18-8)9(19-12)6-10(16)17/h3-5,7,14H,6H2,1-2H3,(H,13,15)(H,16,17). The second kappa shape index (κ2) is 6.12. The van der Waals surface area contributed by atoms with Gasteiger partial charge in [0.15, 0.2) is 5.17 Å². The average Bonchev–Trinajstić information content (AvgIpc) is 2.81. The van der Waals surface area contributed by atoms with Crippen LogP contribution in [0.2, 0.25) is 0 Å². The number of hydrazine groups is 1. The molecule has 1 aliphatic heterocycles. The first-order valence-corrected chi connectivity index (χ1v) is 7.52. The van der Waals surface area contributed by atoms with E-state index >= 15 is 0 Å². The molecule has 0 spiro atoms. The van der Waals surface area contributed by atoms with Gasteiger partial charge in [0.25, 0.3) is 0 Å². The van der Waals surface area contributed by atoms with E-state index in [4.69, 9.17) is 5.11 Å². The number of thiophene rings is 1. The Morgan fingerprint density at radius 1 is 1.47 bits per heavy atom. The first-order valence-electron chi connectivity index (χ1n) is 5.82. The highest BCUT2D eigenvalue weighted by molar-refractivity contribution is 8.17. The molecule has 0 amide bonds. The molecule has 2 rings (SSSR count). The molecule has 0 aromatic carbocycles. The molecule has 0 bridgehead atoms. The maximum Gasteiger partial charge on any atom is 0.308 e. The first kappa shape index (κ1) is 14.0. The lowest BCUT2D eigenvalue weighted by atomic mass is 10.3. The lowest BCUT2D eigenvalue weighted by molar-refractivity contribution is -0.136. The van der Waals surface area contributed by atoms with Crippen molar-refractivity contribution < 1.29 is 9.90 Å². The van der Waals surface area contributed by atoms with Crippen molar-refractivity contribution in [3.8, 4) is 0 Å². The van der Waals surface area contributed by atoms with Crippen molar-refractivity contribution >= 4 is 39.9 Å². The van der Waals surface area contributed by atoms with Gasteiger partial charge in [-0.2, -0.15) is 0 Å². The number of thioether (sulfide) groups is 1. The molecular weight excluding hydrogens is 282 g/mol. The monoisotopic (exact) mass is 297 g/mol. The van der Waals surface area contributed by atoms with Crippen LogP contribution in [0, 0.1) is 0 Å². The summed E-state index contributed by atoms with van der Waals surface area (Å²) in [6.45, 7) is 3.95. The number of carbonyl (C=O) groups is 1. The summed E-state index contributed by atoms with van der Waals surface area (Å²) in [6, 6.07) is 4.06. The minimum absolute atomic E-state index is 0.0102. The number of amidine groups is 1. The smallest absolute Gasteiger partial charge is 0.308 e. The third-order valence-corrected chi connectivity index (χ3v) is 4.13. The van der Waals surface area contributed by atoms with Gasteiger partial charge in [-0.25, -0.2) is 0 Å². The van der Waals surface area contributed by atoms with E-state index in [0.717, 1.165) is 15.5 Å². The highest BCUT2D eigenvalue weighted by Crippen LogP contribution is 2.33. The molecule has 5 nitrogen and oxygen atoms in total. The number of carboxylic acids is 1. The zero-order valence-corrected chi connectivity index (χ0v) is 12.3. The Morgan fingerprint density at radius 2 is 2.26 bits per heavy atom. The number of carboxylic acid groups (broad SMARTS) is 1. The largest absolute Gasteiger partial charge is 0.481 e. The van der Waals surface area contributed by atoms with E-state index in [1.54, 1.807) is 11.3 Å². The molecule has 0 saturated carbocycles. The Kier molecular flexibility index (Phi) is 4.49. The molecular formula is C12H15N3O2S2. The number of hydrogen-bond donors (Lipinski definition) is 3. The van der Waals surface area contributed by atoms with E-state index in [1.807, 2.05) is 31.4 Å². The van der Waals surface area contributed by atoms with Crippen LogP contribution in [-0.2, 0) is 4.79 Å². The Balaban J connectivity index is 2.30. The summed E-state index contributed by atoms with van der Waals surface area (Å²) < 4.78 is 0. The van der Waals surface area contributed by atoms with Crippen molar-refractivity contribution in [2.45, 2.75) is 26.3 Å². The molecule has 0 atom stereocenters. The molecule has 1 aliphatic rings. The summed E-state index contributed by atoms with van der Waals surface area (Å²) in [5.41, 5.74) is 6.89. The molecule has 0 radical (unpaired) electrons. The van der Waals surface area contributed by atoms with Crippen LogP contribution in [0.1, 0.15) is 25.1 Å². The molecule has 2 heterocycles. The minimum Gasteiger partial charge on any atom is -0.481 e. The molecule has 3 N–H and O–H groups in total. The Hall–Kier alpha value is -1.47. The fourth-order valence-electron chi connectivity index (χ4n) is 1.55. The molecule has 7 heteroatoms. The van der Waals surface area contributed by atoms with E-state index in [1.165, 1.54) is 11.8 Å². The van der Waals surface area contributed by atoms with Crippen LogP contribution in [0.5, 0.6) is 0 Å². The van der Waals surface area contributed by atoms with Gasteiger partial charge in [0, 0.05) is 10.9 Å². The van der Waals surface area contributed by atoms with Crippen molar-refractivity contribution in [3.63, 3.8) is 0 Å². The van der Waals surface area contributed by atoms with Gasteiger partial charge in [-0.3, -0.25) is 20.6 Å². The van der Waals surface area contributed by atoms with E-state index in [-0.39, 0.29) is 12.5 Å². The Bertz CT molecular complexity index is 521. The lowest BCUT2D eigenvalue weighted by Crippen LogP contribution is -2.39. The van der Waals surface area contributed by atoms with Gasteiger partial charge >= 0.3 is 5.97 Å². The number of hydrogen-bond acceptors (Lipinski definition) is 5.